The topological polar surface area (TPSA) is 88.1 Å². The molecule has 2 aromatic carbocycles. The Labute approximate surface area is 180 Å². The largest absolute Gasteiger partial charge is 0.497 e. The molecule has 4 aromatic rings. The number of hydrogen-bond donors (Lipinski definition) is 1. The molecule has 0 unspecified atom stereocenters. The predicted molar refractivity (Wildman–Crippen MR) is 116 cm³/mol. The van der Waals surface area contributed by atoms with Crippen LogP contribution in [0.15, 0.2) is 53.0 Å². The second-order valence-corrected chi connectivity index (χ2v) is 7.98. The van der Waals surface area contributed by atoms with Gasteiger partial charge >= 0.3 is 0 Å². The van der Waals surface area contributed by atoms with Crippen LogP contribution in [0.1, 0.15) is 5.69 Å². The molecule has 30 heavy (non-hydrogen) atoms. The molecule has 0 radical (unpaired) electrons. The Bertz CT molecular complexity index is 1160. The number of nitrogens with zero attached hydrogens (tertiary/aromatic N) is 4. The van der Waals surface area contributed by atoms with Gasteiger partial charge in [0.1, 0.15) is 22.3 Å². The Morgan fingerprint density at radius 2 is 1.90 bits per heavy atom. The number of halogens is 1. The Balaban J connectivity index is 1.49. The molecule has 0 saturated carbocycles. The Morgan fingerprint density at radius 3 is 2.63 bits per heavy atom. The fourth-order valence-electron chi connectivity index (χ4n) is 2.78. The molecule has 0 spiro atoms. The molecule has 0 bridgehead atoms. The number of methoxy groups -OCH3 is 2. The third-order valence-corrected chi connectivity index (χ3v) is 6.21. The van der Waals surface area contributed by atoms with Crippen molar-refractivity contribution in [2.24, 2.45) is 0 Å². The molecular weight excluding hydrogens is 425 g/mol. The van der Waals surface area contributed by atoms with Gasteiger partial charge in [0.15, 0.2) is 5.82 Å². The van der Waals surface area contributed by atoms with Crippen LogP contribution in [0.3, 0.4) is 0 Å². The zero-order valence-electron chi connectivity index (χ0n) is 16.2. The predicted octanol–water partition coefficient (Wildman–Crippen LogP) is 4.23. The normalized spacial score (nSPS) is 10.9. The lowest BCUT2D eigenvalue weighted by molar-refractivity contribution is 0.395. The van der Waals surface area contributed by atoms with Crippen LogP contribution in [-0.2, 0) is 5.75 Å². The Hall–Kier alpha value is -3.11. The van der Waals surface area contributed by atoms with E-state index >= 15 is 0 Å². The molecule has 7 nitrogen and oxygen atoms in total. The molecule has 0 aliphatic carbocycles. The monoisotopic (exact) mass is 443 g/mol. The van der Waals surface area contributed by atoms with Crippen LogP contribution in [0.4, 0.5) is 4.39 Å². The van der Waals surface area contributed by atoms with Crippen LogP contribution in [0.25, 0.3) is 22.0 Å². The highest BCUT2D eigenvalue weighted by Crippen LogP contribution is 2.36. The smallest absolute Gasteiger partial charge is 0.210 e. The van der Waals surface area contributed by atoms with E-state index in [0.717, 1.165) is 22.0 Å². The molecule has 0 atom stereocenters. The van der Waals surface area contributed by atoms with E-state index in [9.17, 15) is 4.39 Å². The first-order valence-electron chi connectivity index (χ1n) is 8.85. The van der Waals surface area contributed by atoms with Crippen LogP contribution in [0.5, 0.6) is 11.5 Å². The van der Waals surface area contributed by atoms with Gasteiger partial charge in [-0.15, -0.1) is 21.5 Å². The first-order valence-corrected chi connectivity index (χ1v) is 10.7. The zero-order valence-corrected chi connectivity index (χ0v) is 17.8. The summed E-state index contributed by atoms with van der Waals surface area (Å²) in [5, 5.41) is 11.6. The molecule has 2 aromatic heterocycles. The number of nitrogens with two attached hydrogens (primary N) is 1. The van der Waals surface area contributed by atoms with Crippen molar-refractivity contribution in [1.29, 1.82) is 0 Å². The van der Waals surface area contributed by atoms with Crippen LogP contribution in [-0.4, -0.2) is 34.1 Å². The summed E-state index contributed by atoms with van der Waals surface area (Å²) in [7, 11) is 3.24. The summed E-state index contributed by atoms with van der Waals surface area (Å²) in [6.07, 6.45) is 0. The maximum atomic E-state index is 13.1. The molecule has 0 amide bonds. The average Bonchev–Trinajstić information content (AvgIpc) is 3.39. The second kappa shape index (κ2) is 8.72. The van der Waals surface area contributed by atoms with Gasteiger partial charge in [-0.1, -0.05) is 11.8 Å². The van der Waals surface area contributed by atoms with Gasteiger partial charge < -0.3 is 15.3 Å². The maximum Gasteiger partial charge on any atom is 0.210 e. The van der Waals surface area contributed by atoms with Gasteiger partial charge in [0.05, 0.1) is 25.5 Å². The van der Waals surface area contributed by atoms with Gasteiger partial charge in [-0.25, -0.2) is 14.1 Å². The average molecular weight is 444 g/mol. The Morgan fingerprint density at radius 1 is 1.10 bits per heavy atom. The van der Waals surface area contributed by atoms with E-state index in [4.69, 9.17) is 20.3 Å². The van der Waals surface area contributed by atoms with Gasteiger partial charge in [-0.05, 0) is 36.4 Å². The lowest BCUT2D eigenvalue weighted by Gasteiger charge is -2.08. The highest BCUT2D eigenvalue weighted by Gasteiger charge is 2.15. The number of thioether (sulfide) groups is 1. The lowest BCUT2D eigenvalue weighted by atomic mass is 10.2. The van der Waals surface area contributed by atoms with Gasteiger partial charge in [-0.2, -0.15) is 0 Å². The third-order valence-electron chi connectivity index (χ3n) is 4.31. The van der Waals surface area contributed by atoms with E-state index in [1.165, 1.54) is 39.9 Å². The summed E-state index contributed by atoms with van der Waals surface area (Å²) in [6.45, 7) is 0. The highest BCUT2D eigenvalue weighted by molar-refractivity contribution is 7.98. The van der Waals surface area contributed by atoms with Crippen molar-refractivity contribution in [3.05, 3.63) is 59.4 Å². The van der Waals surface area contributed by atoms with Crippen molar-refractivity contribution >= 4 is 23.1 Å². The standard InChI is InChI=1S/C20H18FN5O2S2/c1-27-15-7-8-16(17(9-15)28-2)19-23-14(10-29-19)11-30-20-25-24-18(26(20)22)12-3-5-13(21)6-4-12/h3-10H,11,22H2,1-2H3. The number of nitrogen functional groups attached to an aromatic ring is 1. The van der Waals surface area contributed by atoms with Gasteiger partial charge in [0.2, 0.25) is 5.16 Å². The Kier molecular flexibility index (Phi) is 5.86. The maximum absolute atomic E-state index is 13.1. The van der Waals surface area contributed by atoms with Crippen LogP contribution < -0.4 is 15.3 Å². The van der Waals surface area contributed by atoms with E-state index in [2.05, 4.69) is 10.2 Å². The molecule has 0 saturated heterocycles. The summed E-state index contributed by atoms with van der Waals surface area (Å²) in [4.78, 5) is 4.70. The third kappa shape index (κ3) is 4.10. The quantitative estimate of drug-likeness (QED) is 0.338. The first kappa shape index (κ1) is 20.2. The summed E-state index contributed by atoms with van der Waals surface area (Å²) < 4.78 is 25.2. The summed E-state index contributed by atoms with van der Waals surface area (Å²) in [6, 6.07) is 11.6. The molecule has 0 aliphatic heterocycles. The lowest BCUT2D eigenvalue weighted by Crippen LogP contribution is -2.11. The minimum Gasteiger partial charge on any atom is -0.497 e. The van der Waals surface area contributed by atoms with Crippen LogP contribution in [0, 0.1) is 5.82 Å². The van der Waals surface area contributed by atoms with Crippen LogP contribution in [0.2, 0.25) is 0 Å². The number of ether oxygens (including phenoxy) is 2. The molecule has 2 heterocycles. The minimum absolute atomic E-state index is 0.315. The highest BCUT2D eigenvalue weighted by atomic mass is 32.2. The molecule has 154 valence electrons. The number of rotatable bonds is 7. The van der Waals surface area contributed by atoms with Gasteiger partial charge in [0, 0.05) is 22.8 Å². The van der Waals surface area contributed by atoms with E-state index in [1.807, 2.05) is 23.6 Å². The summed E-state index contributed by atoms with van der Waals surface area (Å²) in [5.74, 6) is 8.29. The van der Waals surface area contributed by atoms with E-state index in [1.54, 1.807) is 26.4 Å². The summed E-state index contributed by atoms with van der Waals surface area (Å²) in [5.41, 5.74) is 2.49. The molecule has 0 fully saturated rings. The van der Waals surface area contributed by atoms with E-state index in [-0.39, 0.29) is 5.82 Å². The fraction of sp³-hybridized carbons (Fsp3) is 0.150. The molecule has 4 rings (SSSR count). The fourth-order valence-corrected chi connectivity index (χ4v) is 4.49. The molecule has 0 aliphatic rings. The number of thiazole rings is 1. The molecular formula is C20H18FN5O2S2. The number of aromatic nitrogens is 4. The van der Waals surface area contributed by atoms with Crippen LogP contribution >= 0.6 is 23.1 Å². The SMILES string of the molecule is COc1ccc(-c2nc(CSc3nnc(-c4ccc(F)cc4)n3N)cs2)c(OC)c1. The first-order chi connectivity index (χ1) is 14.6. The van der Waals surface area contributed by atoms with Crippen molar-refractivity contribution in [3.8, 4) is 33.5 Å². The van der Waals surface area contributed by atoms with Crippen molar-refractivity contribution in [2.75, 3.05) is 20.1 Å². The number of benzene rings is 2. The second-order valence-electron chi connectivity index (χ2n) is 6.18. The zero-order chi connectivity index (χ0) is 21.1. The minimum atomic E-state index is -0.315. The van der Waals surface area contributed by atoms with Gasteiger partial charge in [0.25, 0.3) is 0 Å². The van der Waals surface area contributed by atoms with Crippen molar-refractivity contribution < 1.29 is 13.9 Å². The number of hydrogen-bond acceptors (Lipinski definition) is 8. The summed E-state index contributed by atoms with van der Waals surface area (Å²) >= 11 is 2.96. The molecule has 10 heteroatoms. The van der Waals surface area contributed by atoms with Gasteiger partial charge in [-0.3, -0.25) is 0 Å². The van der Waals surface area contributed by atoms with Crippen molar-refractivity contribution in [1.82, 2.24) is 19.9 Å². The van der Waals surface area contributed by atoms with E-state index in [0.29, 0.717) is 28.0 Å². The van der Waals surface area contributed by atoms with Crippen molar-refractivity contribution in [2.45, 2.75) is 10.9 Å². The molecule has 2 N–H and O–H groups in total. The van der Waals surface area contributed by atoms with E-state index < -0.39 is 0 Å². The van der Waals surface area contributed by atoms with Crippen molar-refractivity contribution in [3.63, 3.8) is 0 Å².